The standard InChI is InChI=1S/C22H19ClN2O3/c1-14-6-11-20(28-2)19(12-14)25-22(27)16-5-3-4-15(13-16)21(26)24-18-9-7-17(23)8-10-18/h3-13H,1-2H3,(H,24,26)(H,25,27). The van der Waals surface area contributed by atoms with Gasteiger partial charge in [0.1, 0.15) is 5.75 Å². The van der Waals surface area contributed by atoms with Gasteiger partial charge in [0.15, 0.2) is 0 Å². The summed E-state index contributed by atoms with van der Waals surface area (Å²) in [7, 11) is 1.54. The van der Waals surface area contributed by atoms with Crippen LogP contribution in [0.2, 0.25) is 5.02 Å². The maximum absolute atomic E-state index is 12.7. The van der Waals surface area contributed by atoms with Crippen molar-refractivity contribution in [3.63, 3.8) is 0 Å². The van der Waals surface area contributed by atoms with Crippen LogP contribution < -0.4 is 15.4 Å². The molecule has 0 bridgehead atoms. The number of ether oxygens (including phenoxy) is 1. The molecule has 0 fully saturated rings. The number of methoxy groups -OCH3 is 1. The van der Waals surface area contributed by atoms with Gasteiger partial charge in [0.2, 0.25) is 0 Å². The highest BCUT2D eigenvalue weighted by atomic mass is 35.5. The van der Waals surface area contributed by atoms with E-state index < -0.39 is 0 Å². The summed E-state index contributed by atoms with van der Waals surface area (Å²) in [6.07, 6.45) is 0. The maximum Gasteiger partial charge on any atom is 0.255 e. The van der Waals surface area contributed by atoms with Gasteiger partial charge < -0.3 is 15.4 Å². The molecule has 0 aliphatic rings. The second kappa shape index (κ2) is 8.59. The molecule has 3 aromatic rings. The van der Waals surface area contributed by atoms with Gasteiger partial charge in [-0.2, -0.15) is 0 Å². The number of carbonyl (C=O) groups excluding carboxylic acids is 2. The van der Waals surface area contributed by atoms with Gasteiger partial charge in [0, 0.05) is 21.8 Å². The molecule has 2 amide bonds. The van der Waals surface area contributed by atoms with Crippen LogP contribution in [0, 0.1) is 6.92 Å². The Balaban J connectivity index is 1.77. The smallest absolute Gasteiger partial charge is 0.255 e. The summed E-state index contributed by atoms with van der Waals surface area (Å²) in [5, 5.41) is 6.19. The van der Waals surface area contributed by atoms with E-state index in [2.05, 4.69) is 10.6 Å². The van der Waals surface area contributed by atoms with Crippen LogP contribution in [0.15, 0.2) is 66.7 Å². The van der Waals surface area contributed by atoms with E-state index in [1.165, 1.54) is 0 Å². The van der Waals surface area contributed by atoms with Crippen molar-refractivity contribution in [2.45, 2.75) is 6.92 Å². The summed E-state index contributed by atoms with van der Waals surface area (Å²) in [5.74, 6) is -0.0780. The molecule has 3 aromatic carbocycles. The van der Waals surface area contributed by atoms with E-state index in [0.29, 0.717) is 33.3 Å². The highest BCUT2D eigenvalue weighted by Crippen LogP contribution is 2.26. The average Bonchev–Trinajstić information content (AvgIpc) is 2.70. The van der Waals surface area contributed by atoms with E-state index >= 15 is 0 Å². The van der Waals surface area contributed by atoms with Crippen molar-refractivity contribution in [2.75, 3.05) is 17.7 Å². The molecule has 0 atom stereocenters. The number of amides is 2. The minimum Gasteiger partial charge on any atom is -0.495 e. The zero-order chi connectivity index (χ0) is 20.1. The molecular formula is C22H19ClN2O3. The first-order valence-corrected chi connectivity index (χ1v) is 8.97. The van der Waals surface area contributed by atoms with Crippen LogP contribution in [-0.2, 0) is 0 Å². The number of rotatable bonds is 5. The molecule has 142 valence electrons. The monoisotopic (exact) mass is 394 g/mol. The Morgan fingerprint density at radius 1 is 0.857 bits per heavy atom. The molecule has 3 rings (SSSR count). The van der Waals surface area contributed by atoms with Crippen LogP contribution >= 0.6 is 11.6 Å². The van der Waals surface area contributed by atoms with Gasteiger partial charge in [-0.15, -0.1) is 0 Å². The summed E-state index contributed by atoms with van der Waals surface area (Å²) in [4.78, 5) is 25.1. The topological polar surface area (TPSA) is 67.4 Å². The van der Waals surface area contributed by atoms with Gasteiger partial charge in [-0.05, 0) is 67.1 Å². The Morgan fingerprint density at radius 3 is 2.14 bits per heavy atom. The van der Waals surface area contributed by atoms with Crippen LogP contribution in [0.25, 0.3) is 0 Å². The summed E-state index contributed by atoms with van der Waals surface area (Å²) < 4.78 is 5.29. The zero-order valence-corrected chi connectivity index (χ0v) is 16.2. The Bertz CT molecular complexity index is 1020. The first-order chi connectivity index (χ1) is 13.5. The van der Waals surface area contributed by atoms with E-state index in [-0.39, 0.29) is 11.8 Å². The van der Waals surface area contributed by atoms with Crippen molar-refractivity contribution in [1.29, 1.82) is 0 Å². The number of aryl methyl sites for hydroxylation is 1. The van der Waals surface area contributed by atoms with Gasteiger partial charge in [-0.3, -0.25) is 9.59 Å². The van der Waals surface area contributed by atoms with Crippen LogP contribution in [0.4, 0.5) is 11.4 Å². The lowest BCUT2D eigenvalue weighted by atomic mass is 10.1. The lowest BCUT2D eigenvalue weighted by Gasteiger charge is -2.12. The molecular weight excluding hydrogens is 376 g/mol. The molecule has 0 aliphatic carbocycles. The number of nitrogens with one attached hydrogen (secondary N) is 2. The van der Waals surface area contributed by atoms with E-state index in [9.17, 15) is 9.59 Å². The Hall–Kier alpha value is -3.31. The lowest BCUT2D eigenvalue weighted by Crippen LogP contribution is -2.16. The third-order valence-electron chi connectivity index (χ3n) is 4.09. The molecule has 28 heavy (non-hydrogen) atoms. The van der Waals surface area contributed by atoms with Crippen LogP contribution in [0.3, 0.4) is 0 Å². The van der Waals surface area contributed by atoms with Gasteiger partial charge in [0.05, 0.1) is 12.8 Å². The molecule has 0 unspecified atom stereocenters. The molecule has 0 saturated heterocycles. The lowest BCUT2D eigenvalue weighted by molar-refractivity contribution is 0.102. The van der Waals surface area contributed by atoms with E-state index in [1.807, 2.05) is 19.1 Å². The number of halogens is 1. The largest absolute Gasteiger partial charge is 0.495 e. The summed E-state index contributed by atoms with van der Waals surface area (Å²) >= 11 is 5.85. The van der Waals surface area contributed by atoms with Crippen molar-refractivity contribution >= 4 is 34.8 Å². The van der Waals surface area contributed by atoms with Gasteiger partial charge in [-0.1, -0.05) is 23.7 Å². The maximum atomic E-state index is 12.7. The molecule has 0 aliphatic heterocycles. The number of hydrogen-bond donors (Lipinski definition) is 2. The predicted octanol–water partition coefficient (Wildman–Crippen LogP) is 5.16. The summed E-state index contributed by atoms with van der Waals surface area (Å²) in [6.45, 7) is 1.93. The molecule has 0 heterocycles. The van der Waals surface area contributed by atoms with E-state index in [1.54, 1.807) is 61.7 Å². The van der Waals surface area contributed by atoms with Gasteiger partial charge in [0.25, 0.3) is 11.8 Å². The van der Waals surface area contributed by atoms with Crippen molar-refractivity contribution in [1.82, 2.24) is 0 Å². The quantitative estimate of drug-likeness (QED) is 0.628. The predicted molar refractivity (Wildman–Crippen MR) is 112 cm³/mol. The Kier molecular flexibility index (Phi) is 5.96. The first-order valence-electron chi connectivity index (χ1n) is 8.59. The molecule has 0 radical (unpaired) electrons. The fraction of sp³-hybridized carbons (Fsp3) is 0.0909. The van der Waals surface area contributed by atoms with Crippen LogP contribution in [-0.4, -0.2) is 18.9 Å². The molecule has 0 saturated carbocycles. The average molecular weight is 395 g/mol. The highest BCUT2D eigenvalue weighted by molar-refractivity contribution is 6.30. The van der Waals surface area contributed by atoms with Crippen molar-refractivity contribution in [3.05, 3.63) is 88.4 Å². The van der Waals surface area contributed by atoms with Gasteiger partial charge in [-0.25, -0.2) is 0 Å². The third-order valence-corrected chi connectivity index (χ3v) is 4.34. The fourth-order valence-corrected chi connectivity index (χ4v) is 2.78. The zero-order valence-electron chi connectivity index (χ0n) is 15.5. The molecule has 0 spiro atoms. The summed E-state index contributed by atoms with van der Waals surface area (Å²) in [6, 6.07) is 18.8. The van der Waals surface area contributed by atoms with Crippen LogP contribution in [0.1, 0.15) is 26.3 Å². The number of benzene rings is 3. The molecule has 2 N–H and O–H groups in total. The Labute approximate surface area is 168 Å². The summed E-state index contributed by atoms with van der Waals surface area (Å²) in [5.41, 5.74) is 2.93. The van der Waals surface area contributed by atoms with Crippen LogP contribution in [0.5, 0.6) is 5.75 Å². The number of carbonyl (C=O) groups is 2. The second-order valence-corrected chi connectivity index (χ2v) is 6.64. The van der Waals surface area contributed by atoms with Gasteiger partial charge >= 0.3 is 0 Å². The molecule has 5 nitrogen and oxygen atoms in total. The SMILES string of the molecule is COc1ccc(C)cc1NC(=O)c1cccc(C(=O)Nc2ccc(Cl)cc2)c1. The number of anilines is 2. The Morgan fingerprint density at radius 2 is 1.50 bits per heavy atom. The minimum absolute atomic E-state index is 0.315. The second-order valence-electron chi connectivity index (χ2n) is 6.20. The van der Waals surface area contributed by atoms with Crippen molar-refractivity contribution in [2.24, 2.45) is 0 Å². The molecule has 0 aromatic heterocycles. The number of hydrogen-bond acceptors (Lipinski definition) is 3. The highest BCUT2D eigenvalue weighted by Gasteiger charge is 2.13. The third kappa shape index (κ3) is 4.69. The van der Waals surface area contributed by atoms with E-state index in [0.717, 1.165) is 5.56 Å². The normalized spacial score (nSPS) is 10.2. The fourth-order valence-electron chi connectivity index (χ4n) is 2.65. The minimum atomic E-state index is -0.329. The first kappa shape index (κ1) is 19.5. The van der Waals surface area contributed by atoms with E-state index in [4.69, 9.17) is 16.3 Å². The van der Waals surface area contributed by atoms with Crippen molar-refractivity contribution in [3.8, 4) is 5.75 Å². The molecule has 6 heteroatoms. The van der Waals surface area contributed by atoms with Crippen molar-refractivity contribution < 1.29 is 14.3 Å².